The van der Waals surface area contributed by atoms with Crippen LogP contribution in [0.2, 0.25) is 0 Å². The van der Waals surface area contributed by atoms with E-state index in [1.807, 2.05) is 6.07 Å². The van der Waals surface area contributed by atoms with E-state index in [1.54, 1.807) is 30.3 Å². The zero-order chi connectivity index (χ0) is 17.4. The second-order valence-corrected chi connectivity index (χ2v) is 4.58. The average molecular weight is 319 g/mol. The number of hydrogen-bond acceptors (Lipinski definition) is 5. The predicted molar refractivity (Wildman–Crippen MR) is 88.1 cm³/mol. The zero-order valence-electron chi connectivity index (χ0n) is 12.6. The average Bonchev–Trinajstić information content (AvgIpc) is 2.62. The Labute approximate surface area is 139 Å². The molecule has 2 aromatic rings. The topological polar surface area (TPSA) is 76.4 Å². The standard InChI is InChI=1S/C19H13NO4/c1-2-18(21)23-16-8-10-17(11-9-16)24-19(22)12-7-14-3-5-15(13-20)6-4-14/h2-12H,1H2/b12-7+. The number of esters is 2. The van der Waals surface area contributed by atoms with E-state index < -0.39 is 11.9 Å². The third-order valence-corrected chi connectivity index (χ3v) is 2.88. The molecule has 0 atom stereocenters. The van der Waals surface area contributed by atoms with Gasteiger partial charge in [-0.2, -0.15) is 5.26 Å². The van der Waals surface area contributed by atoms with Gasteiger partial charge in [-0.3, -0.25) is 0 Å². The Morgan fingerprint density at radius 1 is 0.917 bits per heavy atom. The summed E-state index contributed by atoms with van der Waals surface area (Å²) in [6, 6.07) is 14.8. The van der Waals surface area contributed by atoms with E-state index in [-0.39, 0.29) is 0 Å². The summed E-state index contributed by atoms with van der Waals surface area (Å²) in [7, 11) is 0. The molecule has 0 unspecified atom stereocenters. The minimum Gasteiger partial charge on any atom is -0.423 e. The summed E-state index contributed by atoms with van der Waals surface area (Å²) in [4.78, 5) is 22.8. The van der Waals surface area contributed by atoms with Gasteiger partial charge in [-0.1, -0.05) is 18.7 Å². The SMILES string of the molecule is C=CC(=O)Oc1ccc(OC(=O)/C=C/c2ccc(C#N)cc2)cc1. The second-order valence-electron chi connectivity index (χ2n) is 4.58. The first-order chi connectivity index (χ1) is 11.6. The van der Waals surface area contributed by atoms with E-state index in [9.17, 15) is 9.59 Å². The van der Waals surface area contributed by atoms with Gasteiger partial charge in [0.25, 0.3) is 0 Å². The zero-order valence-corrected chi connectivity index (χ0v) is 12.6. The molecule has 0 fully saturated rings. The smallest absolute Gasteiger partial charge is 0.336 e. The van der Waals surface area contributed by atoms with Crippen LogP contribution in [0.5, 0.6) is 11.5 Å². The first-order valence-corrected chi connectivity index (χ1v) is 6.95. The quantitative estimate of drug-likeness (QED) is 0.480. The Morgan fingerprint density at radius 3 is 1.96 bits per heavy atom. The van der Waals surface area contributed by atoms with Gasteiger partial charge in [0.2, 0.25) is 0 Å². The van der Waals surface area contributed by atoms with Crippen molar-refractivity contribution in [1.29, 1.82) is 5.26 Å². The highest BCUT2D eigenvalue weighted by molar-refractivity contribution is 5.88. The molecule has 24 heavy (non-hydrogen) atoms. The molecule has 0 radical (unpaired) electrons. The Bertz CT molecular complexity index is 812. The molecule has 5 nitrogen and oxygen atoms in total. The molecule has 0 aliphatic carbocycles. The summed E-state index contributed by atoms with van der Waals surface area (Å²) in [5.74, 6) is -0.462. The molecule has 118 valence electrons. The maximum atomic E-state index is 11.8. The molecule has 0 N–H and O–H groups in total. The molecule has 0 saturated carbocycles. The summed E-state index contributed by atoms with van der Waals surface area (Å²) in [5, 5.41) is 8.72. The van der Waals surface area contributed by atoms with Gasteiger partial charge in [-0.25, -0.2) is 9.59 Å². The van der Waals surface area contributed by atoms with Gasteiger partial charge >= 0.3 is 11.9 Å². The van der Waals surface area contributed by atoms with Crippen LogP contribution in [-0.4, -0.2) is 11.9 Å². The van der Waals surface area contributed by atoms with Gasteiger partial charge in [0.1, 0.15) is 11.5 Å². The van der Waals surface area contributed by atoms with Crippen molar-refractivity contribution in [3.63, 3.8) is 0 Å². The van der Waals surface area contributed by atoms with Gasteiger partial charge in [0.15, 0.2) is 0 Å². The predicted octanol–water partition coefficient (Wildman–Crippen LogP) is 3.27. The number of hydrogen-bond donors (Lipinski definition) is 0. The van der Waals surface area contributed by atoms with Crippen LogP contribution in [0.4, 0.5) is 0 Å². The van der Waals surface area contributed by atoms with Crippen molar-refractivity contribution in [1.82, 2.24) is 0 Å². The molecule has 0 amide bonds. The van der Waals surface area contributed by atoms with Crippen LogP contribution in [0.15, 0.2) is 67.3 Å². The van der Waals surface area contributed by atoms with Crippen molar-refractivity contribution >= 4 is 18.0 Å². The number of carbonyl (C=O) groups is 2. The summed E-state index contributed by atoms with van der Waals surface area (Å²) in [6.07, 6.45) is 3.93. The molecular weight excluding hydrogens is 306 g/mol. The Kier molecular flexibility index (Phi) is 5.65. The second kappa shape index (κ2) is 8.11. The summed E-state index contributed by atoms with van der Waals surface area (Å²) >= 11 is 0. The molecular formula is C19H13NO4. The maximum absolute atomic E-state index is 11.8. The van der Waals surface area contributed by atoms with Crippen LogP contribution >= 0.6 is 0 Å². The number of rotatable bonds is 5. The van der Waals surface area contributed by atoms with Crippen molar-refractivity contribution < 1.29 is 19.1 Å². The lowest BCUT2D eigenvalue weighted by atomic mass is 10.1. The third kappa shape index (κ3) is 4.97. The van der Waals surface area contributed by atoms with Crippen molar-refractivity contribution in [3.8, 4) is 17.6 Å². The normalized spacial score (nSPS) is 9.96. The van der Waals surface area contributed by atoms with Crippen LogP contribution < -0.4 is 9.47 Å². The Balaban J connectivity index is 1.93. The first-order valence-electron chi connectivity index (χ1n) is 6.95. The van der Waals surface area contributed by atoms with Crippen LogP contribution in [0.3, 0.4) is 0 Å². The monoisotopic (exact) mass is 319 g/mol. The molecule has 2 rings (SSSR count). The highest BCUT2D eigenvalue weighted by Crippen LogP contribution is 2.18. The van der Waals surface area contributed by atoms with Crippen LogP contribution in [0.1, 0.15) is 11.1 Å². The maximum Gasteiger partial charge on any atom is 0.336 e. The molecule has 0 aliphatic heterocycles. The highest BCUT2D eigenvalue weighted by atomic mass is 16.5. The molecule has 0 aromatic heterocycles. The first kappa shape index (κ1) is 16.7. The minimum absolute atomic E-state index is 0.322. The van der Waals surface area contributed by atoms with Gasteiger partial charge in [0, 0.05) is 12.2 Å². The minimum atomic E-state index is -0.565. The lowest BCUT2D eigenvalue weighted by Gasteiger charge is -2.03. The van der Waals surface area contributed by atoms with E-state index in [0.29, 0.717) is 17.1 Å². The number of carbonyl (C=O) groups excluding carboxylic acids is 2. The lowest BCUT2D eigenvalue weighted by Crippen LogP contribution is -2.05. The third-order valence-electron chi connectivity index (χ3n) is 2.88. The number of nitriles is 1. The Hall–Kier alpha value is -3.65. The van der Waals surface area contributed by atoms with Gasteiger partial charge < -0.3 is 9.47 Å². The van der Waals surface area contributed by atoms with Crippen molar-refractivity contribution in [2.45, 2.75) is 0 Å². The number of nitrogens with zero attached hydrogens (tertiary/aromatic N) is 1. The summed E-state index contributed by atoms with van der Waals surface area (Å²) < 4.78 is 10.0. The van der Waals surface area contributed by atoms with Gasteiger partial charge in [-0.15, -0.1) is 0 Å². The fraction of sp³-hybridized carbons (Fsp3) is 0. The van der Waals surface area contributed by atoms with E-state index in [2.05, 4.69) is 6.58 Å². The van der Waals surface area contributed by atoms with E-state index >= 15 is 0 Å². The van der Waals surface area contributed by atoms with E-state index in [4.69, 9.17) is 14.7 Å². The lowest BCUT2D eigenvalue weighted by molar-refractivity contribution is -0.130. The largest absolute Gasteiger partial charge is 0.423 e. The molecule has 0 heterocycles. The number of ether oxygens (including phenoxy) is 2. The van der Waals surface area contributed by atoms with Crippen molar-refractivity contribution in [3.05, 3.63) is 78.4 Å². The summed E-state index contributed by atoms with van der Waals surface area (Å²) in [6.45, 7) is 3.30. The molecule has 0 spiro atoms. The van der Waals surface area contributed by atoms with Crippen LogP contribution in [0.25, 0.3) is 6.08 Å². The molecule has 5 heteroatoms. The molecule has 0 bridgehead atoms. The van der Waals surface area contributed by atoms with Crippen molar-refractivity contribution in [2.24, 2.45) is 0 Å². The fourth-order valence-corrected chi connectivity index (χ4v) is 1.72. The van der Waals surface area contributed by atoms with Crippen molar-refractivity contribution in [2.75, 3.05) is 0 Å². The molecule has 0 aliphatic rings. The molecule has 2 aromatic carbocycles. The van der Waals surface area contributed by atoms with E-state index in [0.717, 1.165) is 11.6 Å². The fourth-order valence-electron chi connectivity index (χ4n) is 1.72. The van der Waals surface area contributed by atoms with Crippen LogP contribution in [0, 0.1) is 11.3 Å². The van der Waals surface area contributed by atoms with Gasteiger partial charge in [-0.05, 0) is 48.0 Å². The van der Waals surface area contributed by atoms with Gasteiger partial charge in [0.05, 0.1) is 11.6 Å². The Morgan fingerprint density at radius 2 is 1.46 bits per heavy atom. The summed E-state index contributed by atoms with van der Waals surface area (Å²) in [5.41, 5.74) is 1.32. The van der Waals surface area contributed by atoms with E-state index in [1.165, 1.54) is 30.3 Å². The highest BCUT2D eigenvalue weighted by Gasteiger charge is 2.03. The molecule has 0 saturated heterocycles. The number of benzene rings is 2. The van der Waals surface area contributed by atoms with Crippen LogP contribution in [-0.2, 0) is 9.59 Å².